The number of sulfone groups is 1. The van der Waals surface area contributed by atoms with Gasteiger partial charge in [-0.2, -0.15) is 0 Å². The monoisotopic (exact) mass is 424 g/mol. The number of nitrogens with zero attached hydrogens (tertiary/aromatic N) is 1. The number of amides is 1. The Morgan fingerprint density at radius 3 is 2.47 bits per heavy atom. The van der Waals surface area contributed by atoms with Crippen LogP contribution >= 0.6 is 0 Å². The van der Waals surface area contributed by atoms with E-state index in [1.54, 1.807) is 30.3 Å². The summed E-state index contributed by atoms with van der Waals surface area (Å²) in [4.78, 5) is 15.0. The van der Waals surface area contributed by atoms with Crippen LogP contribution in [0.1, 0.15) is 29.7 Å². The first-order chi connectivity index (χ1) is 14.4. The van der Waals surface area contributed by atoms with Gasteiger partial charge in [0.1, 0.15) is 11.5 Å². The number of carbonyl (C=O) groups is 1. The van der Waals surface area contributed by atoms with E-state index in [0.717, 1.165) is 18.8 Å². The smallest absolute Gasteiger partial charge is 0.291 e. The molecule has 4 rings (SSSR count). The summed E-state index contributed by atoms with van der Waals surface area (Å²) in [6.45, 7) is 4.35. The molecule has 30 heavy (non-hydrogen) atoms. The molecule has 1 amide bonds. The van der Waals surface area contributed by atoms with Gasteiger partial charge in [-0.25, -0.2) is 8.42 Å². The second-order valence-electron chi connectivity index (χ2n) is 7.68. The normalized spacial score (nSPS) is 16.6. The van der Waals surface area contributed by atoms with Crippen molar-refractivity contribution >= 4 is 27.1 Å². The average molecular weight is 425 g/mol. The minimum atomic E-state index is -3.53. The highest BCUT2D eigenvalue weighted by Gasteiger charge is 2.20. The van der Waals surface area contributed by atoms with Crippen molar-refractivity contribution in [3.05, 3.63) is 78.3 Å². The summed E-state index contributed by atoms with van der Waals surface area (Å²) in [7, 11) is -3.53. The molecule has 1 N–H and O–H groups in total. The lowest BCUT2D eigenvalue weighted by atomic mass is 10.2. The second kappa shape index (κ2) is 8.36. The van der Waals surface area contributed by atoms with Crippen molar-refractivity contribution in [2.45, 2.75) is 24.0 Å². The zero-order valence-electron chi connectivity index (χ0n) is 16.7. The fourth-order valence-corrected chi connectivity index (χ4v) is 4.86. The number of anilines is 2. The Labute approximate surface area is 176 Å². The fourth-order valence-electron chi connectivity index (χ4n) is 3.59. The molecule has 0 aliphatic carbocycles. The van der Waals surface area contributed by atoms with E-state index in [-0.39, 0.29) is 22.2 Å². The lowest BCUT2D eigenvalue weighted by molar-refractivity contribution is 0.0995. The molecule has 6 nitrogen and oxygen atoms in total. The first kappa shape index (κ1) is 20.2. The third-order valence-corrected chi connectivity index (χ3v) is 6.89. The van der Waals surface area contributed by atoms with Crippen molar-refractivity contribution in [1.82, 2.24) is 0 Å². The van der Waals surface area contributed by atoms with Crippen molar-refractivity contribution in [3.63, 3.8) is 0 Å². The van der Waals surface area contributed by atoms with Gasteiger partial charge in [-0.05, 0) is 60.9 Å². The Balaban J connectivity index is 1.39. The van der Waals surface area contributed by atoms with Gasteiger partial charge in [0.25, 0.3) is 5.91 Å². The maximum absolute atomic E-state index is 12.5. The van der Waals surface area contributed by atoms with Gasteiger partial charge in [0.05, 0.1) is 4.90 Å². The largest absolute Gasteiger partial charge is 0.455 e. The van der Waals surface area contributed by atoms with E-state index < -0.39 is 15.7 Å². The van der Waals surface area contributed by atoms with E-state index in [1.165, 1.54) is 18.6 Å². The van der Waals surface area contributed by atoms with E-state index in [4.69, 9.17) is 4.42 Å². The van der Waals surface area contributed by atoms with Crippen LogP contribution in [-0.2, 0) is 15.6 Å². The van der Waals surface area contributed by atoms with Gasteiger partial charge >= 0.3 is 0 Å². The zero-order valence-corrected chi connectivity index (χ0v) is 17.6. The van der Waals surface area contributed by atoms with Crippen molar-refractivity contribution < 1.29 is 17.6 Å². The number of carbonyl (C=O) groups excluding carboxylic acids is 1. The molecular formula is C23H24N2O4S. The Morgan fingerprint density at radius 1 is 1.07 bits per heavy atom. The van der Waals surface area contributed by atoms with Crippen molar-refractivity contribution in [1.29, 1.82) is 0 Å². The molecule has 7 heteroatoms. The molecule has 1 fully saturated rings. The summed E-state index contributed by atoms with van der Waals surface area (Å²) in [5.74, 6) is 0.283. The second-order valence-corrected chi connectivity index (χ2v) is 9.67. The zero-order chi connectivity index (χ0) is 21.1. The third-order valence-electron chi connectivity index (χ3n) is 5.23. The van der Waals surface area contributed by atoms with Crippen LogP contribution in [0.25, 0.3) is 0 Å². The quantitative estimate of drug-likeness (QED) is 0.636. The molecule has 1 unspecified atom stereocenters. The van der Waals surface area contributed by atoms with Crippen LogP contribution in [-0.4, -0.2) is 27.4 Å². The molecule has 2 heterocycles. The maximum Gasteiger partial charge on any atom is 0.291 e. The van der Waals surface area contributed by atoms with E-state index >= 15 is 0 Å². The third kappa shape index (κ3) is 4.57. The van der Waals surface area contributed by atoms with Gasteiger partial charge in [0.2, 0.25) is 0 Å². The summed E-state index contributed by atoms with van der Waals surface area (Å²) in [5.41, 5.74) is 1.80. The number of hydrogen-bond donors (Lipinski definition) is 1. The van der Waals surface area contributed by atoms with Crippen LogP contribution in [0.2, 0.25) is 0 Å². The van der Waals surface area contributed by atoms with Crippen LogP contribution in [0, 0.1) is 5.92 Å². The Bertz CT molecular complexity index is 1120. The SMILES string of the molecule is CC1CCN(c2ccc(NC(=O)c3ccc(CS(=O)(=O)c4ccccc4)o3)cc2)C1. The Kier molecular flexibility index (Phi) is 5.63. The summed E-state index contributed by atoms with van der Waals surface area (Å²) < 4.78 is 30.4. The standard InChI is InChI=1S/C23H24N2O4S/c1-17-13-14-25(15-17)19-9-7-18(8-10-19)24-23(26)22-12-11-20(29-22)16-30(27,28)21-5-3-2-4-6-21/h2-12,17H,13-16H2,1H3,(H,24,26). The highest BCUT2D eigenvalue weighted by atomic mass is 32.2. The molecule has 156 valence electrons. The van der Waals surface area contributed by atoms with Crippen LogP contribution in [0.3, 0.4) is 0 Å². The van der Waals surface area contributed by atoms with Crippen LogP contribution in [0.5, 0.6) is 0 Å². The first-order valence-corrected chi connectivity index (χ1v) is 11.6. The molecule has 0 saturated carbocycles. The molecule has 2 aromatic carbocycles. The first-order valence-electron chi connectivity index (χ1n) is 9.93. The maximum atomic E-state index is 12.5. The van der Waals surface area contributed by atoms with Crippen LogP contribution in [0.15, 0.2) is 76.0 Å². The van der Waals surface area contributed by atoms with Gasteiger partial charge in [0.15, 0.2) is 15.6 Å². The van der Waals surface area contributed by atoms with Crippen LogP contribution in [0.4, 0.5) is 11.4 Å². The van der Waals surface area contributed by atoms with Crippen molar-refractivity contribution in [2.75, 3.05) is 23.3 Å². The summed E-state index contributed by atoms with van der Waals surface area (Å²) in [6, 6.07) is 18.9. The minimum Gasteiger partial charge on any atom is -0.455 e. The molecule has 0 radical (unpaired) electrons. The van der Waals surface area contributed by atoms with Gasteiger partial charge in [-0.3, -0.25) is 4.79 Å². The fraction of sp³-hybridized carbons (Fsp3) is 0.261. The molecule has 1 aromatic heterocycles. The van der Waals surface area contributed by atoms with E-state index in [0.29, 0.717) is 11.6 Å². The van der Waals surface area contributed by atoms with E-state index in [9.17, 15) is 13.2 Å². The number of nitrogens with one attached hydrogen (secondary N) is 1. The lowest BCUT2D eigenvalue weighted by Gasteiger charge is -2.18. The van der Waals surface area contributed by atoms with Crippen molar-refractivity contribution in [2.24, 2.45) is 5.92 Å². The molecular weight excluding hydrogens is 400 g/mol. The topological polar surface area (TPSA) is 79.6 Å². The highest BCUT2D eigenvalue weighted by Crippen LogP contribution is 2.25. The Morgan fingerprint density at radius 2 is 1.80 bits per heavy atom. The van der Waals surface area contributed by atoms with Gasteiger partial charge in [-0.1, -0.05) is 25.1 Å². The molecule has 1 saturated heterocycles. The Hall–Kier alpha value is -3.06. The minimum absolute atomic E-state index is 0.0747. The summed E-state index contributed by atoms with van der Waals surface area (Å²) in [5, 5.41) is 2.79. The lowest BCUT2D eigenvalue weighted by Crippen LogP contribution is -2.19. The molecule has 3 aromatic rings. The summed E-state index contributed by atoms with van der Waals surface area (Å²) >= 11 is 0. The molecule has 1 atom stereocenters. The average Bonchev–Trinajstić information content (AvgIpc) is 3.38. The van der Waals surface area contributed by atoms with Crippen molar-refractivity contribution in [3.8, 4) is 0 Å². The predicted molar refractivity (Wildman–Crippen MR) is 116 cm³/mol. The van der Waals surface area contributed by atoms with Gasteiger partial charge < -0.3 is 14.6 Å². The van der Waals surface area contributed by atoms with Gasteiger partial charge in [-0.15, -0.1) is 0 Å². The number of furan rings is 1. The molecule has 0 bridgehead atoms. The summed E-state index contributed by atoms with van der Waals surface area (Å²) in [6.07, 6.45) is 1.19. The van der Waals surface area contributed by atoms with E-state index in [2.05, 4.69) is 17.1 Å². The molecule has 1 aliphatic rings. The highest BCUT2D eigenvalue weighted by molar-refractivity contribution is 7.90. The van der Waals surface area contributed by atoms with Crippen LogP contribution < -0.4 is 10.2 Å². The predicted octanol–water partition coefficient (Wildman–Crippen LogP) is 4.35. The number of benzene rings is 2. The van der Waals surface area contributed by atoms with E-state index in [1.807, 2.05) is 24.3 Å². The number of hydrogen-bond acceptors (Lipinski definition) is 5. The van der Waals surface area contributed by atoms with Gasteiger partial charge in [0, 0.05) is 24.5 Å². The molecule has 0 spiro atoms. The molecule has 1 aliphatic heterocycles. The number of rotatable bonds is 6.